The van der Waals surface area contributed by atoms with E-state index in [2.05, 4.69) is 0 Å². The van der Waals surface area contributed by atoms with Crippen molar-refractivity contribution in [1.29, 1.82) is 0 Å². The van der Waals surface area contributed by atoms with Crippen molar-refractivity contribution in [3.63, 3.8) is 0 Å². The Morgan fingerprint density at radius 3 is 2.43 bits per heavy atom. The Morgan fingerprint density at radius 1 is 1.14 bits per heavy atom. The van der Waals surface area contributed by atoms with E-state index in [-0.39, 0.29) is 18.5 Å². The average Bonchev–Trinajstić information content (AvgIpc) is 2.54. The van der Waals surface area contributed by atoms with Gasteiger partial charge in [0.2, 0.25) is 6.10 Å². The minimum Gasteiger partial charge on any atom is -0.463 e. The van der Waals surface area contributed by atoms with Gasteiger partial charge in [0, 0.05) is 5.56 Å². The summed E-state index contributed by atoms with van der Waals surface area (Å²) in [5, 5.41) is 0. The van der Waals surface area contributed by atoms with Gasteiger partial charge in [0.1, 0.15) is 0 Å². The van der Waals surface area contributed by atoms with Gasteiger partial charge < -0.3 is 9.47 Å². The summed E-state index contributed by atoms with van der Waals surface area (Å²) in [6.07, 6.45) is 4.01. The highest BCUT2D eigenvalue weighted by molar-refractivity contribution is 5.81. The molecular formula is C17H22O4. The average molecular weight is 290 g/mol. The van der Waals surface area contributed by atoms with Crippen molar-refractivity contribution < 1.29 is 19.1 Å². The fourth-order valence-corrected chi connectivity index (χ4v) is 2.65. The first-order valence-corrected chi connectivity index (χ1v) is 7.64. The highest BCUT2D eigenvalue weighted by Gasteiger charge is 2.30. The number of ether oxygens (including phenoxy) is 2. The molecule has 0 spiro atoms. The smallest absolute Gasteiger partial charge is 0.352 e. The number of benzene rings is 1. The number of esters is 2. The topological polar surface area (TPSA) is 52.6 Å². The van der Waals surface area contributed by atoms with Gasteiger partial charge in [-0.1, -0.05) is 49.6 Å². The molecule has 1 aliphatic rings. The quantitative estimate of drug-likeness (QED) is 0.780. The molecule has 1 fully saturated rings. The molecule has 0 aromatic heterocycles. The van der Waals surface area contributed by atoms with E-state index in [1.165, 1.54) is 6.42 Å². The van der Waals surface area contributed by atoms with Crippen molar-refractivity contribution in [2.45, 2.75) is 45.1 Å². The number of hydrogen-bond acceptors (Lipinski definition) is 4. The van der Waals surface area contributed by atoms with Crippen LogP contribution in [0.4, 0.5) is 0 Å². The molecule has 0 heterocycles. The van der Waals surface area contributed by atoms with Gasteiger partial charge in [-0.25, -0.2) is 4.79 Å². The lowest BCUT2D eigenvalue weighted by Crippen LogP contribution is -2.27. The van der Waals surface area contributed by atoms with Crippen molar-refractivity contribution in [3.05, 3.63) is 35.9 Å². The van der Waals surface area contributed by atoms with Crippen LogP contribution in [0.3, 0.4) is 0 Å². The second-order valence-electron chi connectivity index (χ2n) is 5.31. The number of hydrogen-bond donors (Lipinski definition) is 0. The maximum atomic E-state index is 12.3. The van der Waals surface area contributed by atoms with E-state index in [1.54, 1.807) is 19.1 Å². The predicted molar refractivity (Wildman–Crippen MR) is 78.5 cm³/mol. The molecule has 1 saturated carbocycles. The summed E-state index contributed by atoms with van der Waals surface area (Å²) in [4.78, 5) is 24.3. The minimum absolute atomic E-state index is 0.0839. The van der Waals surface area contributed by atoms with Crippen molar-refractivity contribution in [2.75, 3.05) is 6.61 Å². The third-order valence-electron chi connectivity index (χ3n) is 3.78. The maximum Gasteiger partial charge on any atom is 0.352 e. The molecule has 1 aromatic carbocycles. The first kappa shape index (κ1) is 15.5. The Balaban J connectivity index is 2.08. The van der Waals surface area contributed by atoms with E-state index in [0.717, 1.165) is 25.7 Å². The van der Waals surface area contributed by atoms with Crippen molar-refractivity contribution in [3.8, 4) is 0 Å². The lowest BCUT2D eigenvalue weighted by Gasteiger charge is -2.23. The van der Waals surface area contributed by atoms with E-state index in [0.29, 0.717) is 5.56 Å². The van der Waals surface area contributed by atoms with Gasteiger partial charge in [-0.3, -0.25) is 4.79 Å². The Kier molecular flexibility index (Phi) is 5.78. The molecule has 0 aliphatic heterocycles. The summed E-state index contributed by atoms with van der Waals surface area (Å²) < 4.78 is 10.5. The third-order valence-corrected chi connectivity index (χ3v) is 3.78. The summed E-state index contributed by atoms with van der Waals surface area (Å²) in [6, 6.07) is 9.03. The van der Waals surface area contributed by atoms with Gasteiger partial charge in [-0.2, -0.15) is 0 Å². The van der Waals surface area contributed by atoms with Crippen LogP contribution in [0.2, 0.25) is 0 Å². The summed E-state index contributed by atoms with van der Waals surface area (Å²) in [6.45, 7) is 2.01. The normalized spacial score (nSPS) is 17.0. The van der Waals surface area contributed by atoms with Crippen molar-refractivity contribution in [1.82, 2.24) is 0 Å². The van der Waals surface area contributed by atoms with Crippen molar-refractivity contribution >= 4 is 11.9 Å². The highest BCUT2D eigenvalue weighted by atomic mass is 16.6. The van der Waals surface area contributed by atoms with Gasteiger partial charge in [0.15, 0.2) is 0 Å². The van der Waals surface area contributed by atoms with Crippen LogP contribution in [-0.4, -0.2) is 18.5 Å². The fourth-order valence-electron chi connectivity index (χ4n) is 2.65. The van der Waals surface area contributed by atoms with Gasteiger partial charge in [-0.15, -0.1) is 0 Å². The molecule has 4 heteroatoms. The third kappa shape index (κ3) is 4.31. The minimum atomic E-state index is -0.958. The van der Waals surface area contributed by atoms with Gasteiger partial charge >= 0.3 is 11.9 Å². The standard InChI is InChI=1S/C17H22O4/c1-2-20-17(19)15(13-9-5-3-6-10-13)21-16(18)14-11-7-4-8-12-14/h3,5-6,9-10,14-15H,2,4,7-8,11-12H2,1H3. The number of carbonyl (C=O) groups is 2. The number of rotatable bonds is 5. The van der Waals surface area contributed by atoms with Crippen molar-refractivity contribution in [2.24, 2.45) is 5.92 Å². The Bertz CT molecular complexity index is 463. The SMILES string of the molecule is CCOC(=O)C(OC(=O)C1CCCCC1)c1ccccc1. The molecule has 2 rings (SSSR count). The van der Waals surface area contributed by atoms with E-state index in [4.69, 9.17) is 9.47 Å². The molecule has 1 unspecified atom stereocenters. The second-order valence-corrected chi connectivity index (χ2v) is 5.31. The summed E-state index contributed by atoms with van der Waals surface area (Å²) in [5.74, 6) is -0.871. The molecule has 1 aromatic rings. The van der Waals surface area contributed by atoms with Crippen LogP contribution < -0.4 is 0 Å². The van der Waals surface area contributed by atoms with Crippen LogP contribution in [-0.2, 0) is 19.1 Å². The van der Waals surface area contributed by atoms with Gasteiger partial charge in [0.05, 0.1) is 12.5 Å². The Labute approximate surface area is 125 Å². The first-order valence-electron chi connectivity index (χ1n) is 7.64. The Hall–Kier alpha value is -1.84. The van der Waals surface area contributed by atoms with E-state index >= 15 is 0 Å². The predicted octanol–water partition coefficient (Wildman–Crippen LogP) is 3.41. The molecule has 0 radical (unpaired) electrons. The van der Waals surface area contributed by atoms with E-state index < -0.39 is 12.1 Å². The van der Waals surface area contributed by atoms with E-state index in [9.17, 15) is 9.59 Å². The lowest BCUT2D eigenvalue weighted by atomic mass is 9.89. The largest absolute Gasteiger partial charge is 0.463 e. The molecule has 114 valence electrons. The zero-order chi connectivity index (χ0) is 15.1. The molecule has 4 nitrogen and oxygen atoms in total. The number of carbonyl (C=O) groups excluding carboxylic acids is 2. The summed E-state index contributed by atoms with van der Waals surface area (Å²) >= 11 is 0. The van der Waals surface area contributed by atoms with Crippen LogP contribution in [0.15, 0.2) is 30.3 Å². The lowest BCUT2D eigenvalue weighted by molar-refractivity contribution is -0.171. The van der Waals surface area contributed by atoms with Crippen LogP contribution >= 0.6 is 0 Å². The first-order chi connectivity index (χ1) is 10.2. The molecular weight excluding hydrogens is 268 g/mol. The summed E-state index contributed by atoms with van der Waals surface area (Å²) in [7, 11) is 0. The van der Waals surface area contributed by atoms with Gasteiger partial charge in [0.25, 0.3) is 0 Å². The fraction of sp³-hybridized carbons (Fsp3) is 0.529. The maximum absolute atomic E-state index is 12.3. The monoisotopic (exact) mass is 290 g/mol. The Morgan fingerprint density at radius 2 is 1.81 bits per heavy atom. The molecule has 0 saturated heterocycles. The molecule has 1 aliphatic carbocycles. The molecule has 0 bridgehead atoms. The zero-order valence-corrected chi connectivity index (χ0v) is 12.4. The molecule has 21 heavy (non-hydrogen) atoms. The summed E-state index contributed by atoms with van der Waals surface area (Å²) in [5.41, 5.74) is 0.653. The van der Waals surface area contributed by atoms with Crippen LogP contribution in [0.5, 0.6) is 0 Å². The molecule has 0 amide bonds. The van der Waals surface area contributed by atoms with Gasteiger partial charge in [-0.05, 0) is 19.8 Å². The molecule has 0 N–H and O–H groups in total. The van der Waals surface area contributed by atoms with Crippen LogP contribution in [0.1, 0.15) is 50.7 Å². The second kappa shape index (κ2) is 7.81. The zero-order valence-electron chi connectivity index (χ0n) is 12.4. The van der Waals surface area contributed by atoms with Crippen LogP contribution in [0.25, 0.3) is 0 Å². The highest BCUT2D eigenvalue weighted by Crippen LogP contribution is 2.28. The molecule has 1 atom stereocenters. The van der Waals surface area contributed by atoms with E-state index in [1.807, 2.05) is 18.2 Å². The van der Waals surface area contributed by atoms with Crippen LogP contribution in [0, 0.1) is 5.92 Å².